The lowest BCUT2D eigenvalue weighted by molar-refractivity contribution is -0.0604. The Morgan fingerprint density at radius 2 is 1.30 bits per heavy atom. The Hall–Kier alpha value is -5.73. The summed E-state index contributed by atoms with van der Waals surface area (Å²) in [6, 6.07) is 27.2. The first kappa shape index (κ1) is 27.4. The highest BCUT2D eigenvalue weighted by Crippen LogP contribution is 2.37. The summed E-state index contributed by atoms with van der Waals surface area (Å²) in [4.78, 5) is 39.4. The number of nitriles is 1. The van der Waals surface area contributed by atoms with Crippen LogP contribution in [0.15, 0.2) is 110 Å². The molecule has 3 aromatic carbocycles. The van der Waals surface area contributed by atoms with Gasteiger partial charge in [0, 0.05) is 12.4 Å². The molecular weight excluding hydrogens is 552 g/mol. The summed E-state index contributed by atoms with van der Waals surface area (Å²) in [5.74, 6) is -1.97. The van der Waals surface area contributed by atoms with E-state index in [2.05, 4.69) is 11.2 Å². The van der Waals surface area contributed by atoms with Gasteiger partial charge < -0.3 is 23.5 Å². The predicted molar refractivity (Wildman–Crippen MR) is 150 cm³/mol. The summed E-state index contributed by atoms with van der Waals surface area (Å²) >= 11 is 0. The lowest BCUT2D eigenvalue weighted by Gasteiger charge is -2.25. The van der Waals surface area contributed by atoms with Gasteiger partial charge in [-0.3, -0.25) is 0 Å². The number of hydrogen-bond donors (Lipinski definition) is 0. The van der Waals surface area contributed by atoms with E-state index in [9.17, 15) is 19.6 Å². The van der Waals surface area contributed by atoms with Gasteiger partial charge in [-0.1, -0.05) is 54.6 Å². The number of rotatable bonds is 8. The van der Waals surface area contributed by atoms with Crippen LogP contribution >= 0.6 is 0 Å². The minimum absolute atomic E-state index is 0.249. The van der Waals surface area contributed by atoms with Crippen LogP contribution in [0.3, 0.4) is 0 Å². The van der Waals surface area contributed by atoms with Gasteiger partial charge in [0.25, 0.3) is 0 Å². The van der Waals surface area contributed by atoms with Crippen LogP contribution in [0.1, 0.15) is 42.9 Å². The zero-order valence-electron chi connectivity index (χ0n) is 22.6. The molecular formula is C32H24N4O7. The van der Waals surface area contributed by atoms with Crippen LogP contribution < -0.4 is 0 Å². The molecule has 1 aliphatic heterocycles. The molecule has 4 atom stereocenters. The summed E-state index contributed by atoms with van der Waals surface area (Å²) < 4.78 is 26.9. The van der Waals surface area contributed by atoms with E-state index in [0.29, 0.717) is 11.2 Å². The largest absolute Gasteiger partial charge is 0.459 e. The van der Waals surface area contributed by atoms with Crippen molar-refractivity contribution < 1.29 is 33.3 Å². The molecule has 1 saturated heterocycles. The van der Waals surface area contributed by atoms with Gasteiger partial charge in [0.05, 0.1) is 22.9 Å². The third kappa shape index (κ3) is 5.59. The number of hydrogen-bond acceptors (Lipinski definition) is 9. The highest BCUT2D eigenvalue weighted by atomic mass is 16.7. The van der Waals surface area contributed by atoms with E-state index in [1.807, 2.05) is 0 Å². The minimum atomic E-state index is -1.21. The number of nitrogens with zero attached hydrogens (tertiary/aromatic N) is 4. The SMILES string of the molecule is N#Cc1cnn2ccn([C@@H]3O[C@H](COC(=O)c4ccccc4)[C@H](OC(=O)c4ccccc4)[C@@H]3OC(=O)c3ccccc3)c12. The molecule has 0 unspecified atom stereocenters. The van der Waals surface area contributed by atoms with Crippen molar-refractivity contribution in [2.45, 2.75) is 24.5 Å². The third-order valence-corrected chi connectivity index (χ3v) is 6.96. The second-order valence-corrected chi connectivity index (χ2v) is 9.65. The maximum atomic E-state index is 13.3. The van der Waals surface area contributed by atoms with Gasteiger partial charge in [-0.2, -0.15) is 10.4 Å². The molecule has 0 saturated carbocycles. The van der Waals surface area contributed by atoms with Crippen molar-refractivity contribution in [1.82, 2.24) is 14.2 Å². The average Bonchev–Trinajstić information content (AvgIpc) is 3.75. The molecule has 11 nitrogen and oxygen atoms in total. The van der Waals surface area contributed by atoms with Crippen LogP contribution in [0.2, 0.25) is 0 Å². The number of aromatic nitrogens is 3. The highest BCUT2D eigenvalue weighted by molar-refractivity contribution is 5.91. The van der Waals surface area contributed by atoms with Crippen LogP contribution in [0.25, 0.3) is 5.65 Å². The molecule has 5 aromatic rings. The van der Waals surface area contributed by atoms with Crippen LogP contribution in [0.4, 0.5) is 0 Å². The van der Waals surface area contributed by atoms with Crippen molar-refractivity contribution in [3.05, 3.63) is 132 Å². The van der Waals surface area contributed by atoms with Crippen molar-refractivity contribution in [3.63, 3.8) is 0 Å². The van der Waals surface area contributed by atoms with E-state index in [1.165, 1.54) is 10.7 Å². The number of fused-ring (bicyclic) bond motifs is 1. The zero-order valence-corrected chi connectivity index (χ0v) is 22.6. The topological polar surface area (TPSA) is 134 Å². The van der Waals surface area contributed by atoms with Crippen molar-refractivity contribution in [2.24, 2.45) is 0 Å². The number of carbonyl (C=O) groups is 3. The average molecular weight is 577 g/mol. The smallest absolute Gasteiger partial charge is 0.338 e. The molecule has 214 valence electrons. The van der Waals surface area contributed by atoms with E-state index >= 15 is 0 Å². The fourth-order valence-corrected chi connectivity index (χ4v) is 4.89. The molecule has 6 rings (SSSR count). The molecule has 0 amide bonds. The molecule has 0 spiro atoms. The molecule has 1 aliphatic rings. The molecule has 3 heterocycles. The first-order valence-corrected chi connectivity index (χ1v) is 13.4. The van der Waals surface area contributed by atoms with Crippen LogP contribution in [0, 0.1) is 11.3 Å². The third-order valence-electron chi connectivity index (χ3n) is 6.96. The first-order valence-electron chi connectivity index (χ1n) is 13.4. The first-order chi connectivity index (χ1) is 21.0. The van der Waals surface area contributed by atoms with E-state index in [1.54, 1.807) is 108 Å². The van der Waals surface area contributed by atoms with Crippen LogP contribution in [0.5, 0.6) is 0 Å². The zero-order chi connectivity index (χ0) is 29.8. The van der Waals surface area contributed by atoms with Gasteiger partial charge >= 0.3 is 17.9 Å². The Morgan fingerprint density at radius 1 is 0.767 bits per heavy atom. The van der Waals surface area contributed by atoms with Crippen LogP contribution in [-0.2, 0) is 18.9 Å². The summed E-state index contributed by atoms with van der Waals surface area (Å²) in [6.07, 6.45) is 0.0910. The predicted octanol–water partition coefficient (Wildman–Crippen LogP) is 4.21. The second-order valence-electron chi connectivity index (χ2n) is 9.65. The number of carbonyl (C=O) groups excluding carboxylic acids is 3. The van der Waals surface area contributed by atoms with Gasteiger partial charge in [0.1, 0.15) is 24.3 Å². The molecule has 2 aromatic heterocycles. The Bertz CT molecular complexity index is 1800. The number of benzene rings is 3. The van der Waals surface area contributed by atoms with Gasteiger partial charge in [-0.25, -0.2) is 18.9 Å². The highest BCUT2D eigenvalue weighted by Gasteiger charge is 2.51. The van der Waals surface area contributed by atoms with Crippen molar-refractivity contribution in [3.8, 4) is 6.07 Å². The van der Waals surface area contributed by atoms with Gasteiger partial charge in [0.2, 0.25) is 0 Å². The summed E-state index contributed by atoms with van der Waals surface area (Å²) in [6.45, 7) is -0.321. The van der Waals surface area contributed by atoms with E-state index < -0.39 is 42.4 Å². The Labute approximate surface area is 245 Å². The summed E-state index contributed by atoms with van der Waals surface area (Å²) in [5.41, 5.74) is 1.49. The molecule has 0 aliphatic carbocycles. The van der Waals surface area contributed by atoms with Gasteiger partial charge in [0.15, 0.2) is 24.1 Å². The summed E-state index contributed by atoms with van der Waals surface area (Å²) in [5, 5.41) is 13.9. The normalized spacial score (nSPS) is 19.4. The second kappa shape index (κ2) is 12.0. The quantitative estimate of drug-likeness (QED) is 0.197. The number of esters is 3. The van der Waals surface area contributed by atoms with Gasteiger partial charge in [-0.15, -0.1) is 0 Å². The molecule has 1 fully saturated rings. The Morgan fingerprint density at radius 3 is 1.86 bits per heavy atom. The Kier molecular flexibility index (Phi) is 7.67. The minimum Gasteiger partial charge on any atom is -0.459 e. The Balaban J connectivity index is 1.38. The fraction of sp³-hybridized carbons (Fsp3) is 0.156. The number of ether oxygens (including phenoxy) is 4. The monoisotopic (exact) mass is 576 g/mol. The maximum absolute atomic E-state index is 13.3. The molecule has 0 radical (unpaired) electrons. The van der Waals surface area contributed by atoms with E-state index in [4.69, 9.17) is 18.9 Å². The lowest BCUT2D eigenvalue weighted by Crippen LogP contribution is -2.41. The molecule has 0 N–H and O–H groups in total. The maximum Gasteiger partial charge on any atom is 0.338 e. The van der Waals surface area contributed by atoms with E-state index in [0.717, 1.165) is 0 Å². The fourth-order valence-electron chi connectivity index (χ4n) is 4.89. The lowest BCUT2D eigenvalue weighted by atomic mass is 10.1. The molecule has 0 bridgehead atoms. The molecule has 43 heavy (non-hydrogen) atoms. The standard InChI is InChI=1S/C32H24N4O7/c33-18-24-19-34-36-17-16-35(28(24)36)29-27(43-32(39)23-14-8-3-9-15-23)26(42-31(38)22-12-6-2-7-13-22)25(41-29)20-40-30(37)21-10-4-1-5-11-21/h1-17,19,25-27,29H,20H2/t25-,26+,27+,29-/m1/s1. The van der Waals surface area contributed by atoms with E-state index in [-0.39, 0.29) is 23.3 Å². The molecule has 11 heteroatoms. The number of imidazole rings is 1. The summed E-state index contributed by atoms with van der Waals surface area (Å²) in [7, 11) is 0. The van der Waals surface area contributed by atoms with Crippen molar-refractivity contribution >= 4 is 23.6 Å². The van der Waals surface area contributed by atoms with Crippen LogP contribution in [-0.4, -0.2) is 57.0 Å². The van der Waals surface area contributed by atoms with Crippen molar-refractivity contribution in [1.29, 1.82) is 5.26 Å². The van der Waals surface area contributed by atoms with Crippen molar-refractivity contribution in [2.75, 3.05) is 6.61 Å². The van der Waals surface area contributed by atoms with Gasteiger partial charge in [-0.05, 0) is 36.4 Å².